The predicted molar refractivity (Wildman–Crippen MR) is 131 cm³/mol. The standard InChI is InChI=1S/C25H36N6O/c1-3-26-25(29-22-8-7-13-30(19-22)23-9-5-4-6-10-23)28-17-21-11-12-27-24(16-21)31-14-15-32-20(2)18-31/h4-6,9-12,16,20,22H,3,7-8,13-15,17-19H2,1-2H3,(H2,26,28,29). The minimum absolute atomic E-state index is 0.239. The van der Waals surface area contributed by atoms with Gasteiger partial charge in [-0.1, -0.05) is 18.2 Å². The number of piperidine rings is 1. The second-order valence-corrected chi connectivity index (χ2v) is 8.61. The van der Waals surface area contributed by atoms with Crippen LogP contribution >= 0.6 is 0 Å². The molecule has 0 bridgehead atoms. The number of hydrogen-bond donors (Lipinski definition) is 2. The topological polar surface area (TPSA) is 65.0 Å². The first-order valence-electron chi connectivity index (χ1n) is 11.9. The molecule has 7 heteroatoms. The highest BCUT2D eigenvalue weighted by Crippen LogP contribution is 2.20. The van der Waals surface area contributed by atoms with Gasteiger partial charge in [0.25, 0.3) is 0 Å². The lowest BCUT2D eigenvalue weighted by Gasteiger charge is -2.35. The van der Waals surface area contributed by atoms with Crippen LogP contribution in [0.15, 0.2) is 53.7 Å². The van der Waals surface area contributed by atoms with Crippen molar-refractivity contribution in [2.24, 2.45) is 4.99 Å². The van der Waals surface area contributed by atoms with Crippen LogP contribution in [-0.4, -0.2) is 62.4 Å². The third kappa shape index (κ3) is 6.13. The SMILES string of the molecule is CCNC(=NCc1ccnc(N2CCOC(C)C2)c1)NC1CCCN(c2ccccc2)C1. The molecule has 1 aromatic heterocycles. The average Bonchev–Trinajstić information content (AvgIpc) is 2.84. The number of para-hydroxylation sites is 1. The van der Waals surface area contributed by atoms with Crippen LogP contribution in [0.5, 0.6) is 0 Å². The monoisotopic (exact) mass is 436 g/mol. The van der Waals surface area contributed by atoms with E-state index in [1.807, 2.05) is 6.20 Å². The lowest BCUT2D eigenvalue weighted by Crippen LogP contribution is -2.51. The highest BCUT2D eigenvalue weighted by Gasteiger charge is 2.21. The molecule has 1 aromatic carbocycles. The minimum atomic E-state index is 0.239. The van der Waals surface area contributed by atoms with Gasteiger partial charge in [0.15, 0.2) is 5.96 Å². The molecule has 2 saturated heterocycles. The number of rotatable bonds is 6. The molecular weight excluding hydrogens is 400 g/mol. The van der Waals surface area contributed by atoms with Crippen molar-refractivity contribution in [1.29, 1.82) is 0 Å². The minimum Gasteiger partial charge on any atom is -0.375 e. The molecule has 2 fully saturated rings. The summed E-state index contributed by atoms with van der Waals surface area (Å²) in [5.41, 5.74) is 2.46. The molecule has 0 aliphatic carbocycles. The van der Waals surface area contributed by atoms with Gasteiger partial charge in [0.05, 0.1) is 19.3 Å². The van der Waals surface area contributed by atoms with Crippen molar-refractivity contribution >= 4 is 17.5 Å². The van der Waals surface area contributed by atoms with Crippen molar-refractivity contribution in [3.8, 4) is 0 Å². The first kappa shape index (κ1) is 22.4. The highest BCUT2D eigenvalue weighted by molar-refractivity contribution is 5.80. The largest absolute Gasteiger partial charge is 0.375 e. The van der Waals surface area contributed by atoms with E-state index in [9.17, 15) is 0 Å². The molecule has 0 spiro atoms. The van der Waals surface area contributed by atoms with Crippen molar-refractivity contribution in [2.45, 2.75) is 45.4 Å². The number of aliphatic imine (C=N–C) groups is 1. The van der Waals surface area contributed by atoms with Gasteiger partial charge in [0.1, 0.15) is 5.82 Å². The second-order valence-electron chi connectivity index (χ2n) is 8.61. The Hall–Kier alpha value is -2.80. The summed E-state index contributed by atoms with van der Waals surface area (Å²) < 4.78 is 5.66. The Bertz CT molecular complexity index is 874. The molecule has 3 heterocycles. The number of nitrogens with zero attached hydrogens (tertiary/aromatic N) is 4. The Morgan fingerprint density at radius 3 is 2.84 bits per heavy atom. The number of ether oxygens (including phenoxy) is 1. The molecule has 2 atom stereocenters. The summed E-state index contributed by atoms with van der Waals surface area (Å²) in [4.78, 5) is 14.2. The number of guanidine groups is 1. The third-order valence-corrected chi connectivity index (χ3v) is 6.02. The van der Waals surface area contributed by atoms with Crippen molar-refractivity contribution in [3.05, 3.63) is 54.2 Å². The van der Waals surface area contributed by atoms with Gasteiger partial charge in [-0.2, -0.15) is 0 Å². The van der Waals surface area contributed by atoms with E-state index < -0.39 is 0 Å². The molecule has 172 valence electrons. The first-order valence-corrected chi connectivity index (χ1v) is 11.9. The molecule has 2 aromatic rings. The number of nitrogens with one attached hydrogen (secondary N) is 2. The zero-order chi connectivity index (χ0) is 22.2. The van der Waals surface area contributed by atoms with E-state index in [0.717, 1.165) is 57.5 Å². The normalized spacial score (nSPS) is 22.0. The zero-order valence-electron chi connectivity index (χ0n) is 19.3. The fraction of sp³-hybridized carbons (Fsp3) is 0.520. The van der Waals surface area contributed by atoms with Crippen molar-refractivity contribution < 1.29 is 4.74 Å². The van der Waals surface area contributed by atoms with Crippen LogP contribution < -0.4 is 20.4 Å². The molecule has 2 N–H and O–H groups in total. The Morgan fingerprint density at radius 1 is 1.16 bits per heavy atom. The summed E-state index contributed by atoms with van der Waals surface area (Å²) in [6, 6.07) is 15.3. The summed E-state index contributed by atoms with van der Waals surface area (Å²) in [7, 11) is 0. The number of benzene rings is 1. The van der Waals surface area contributed by atoms with E-state index in [0.29, 0.717) is 12.6 Å². The molecular formula is C25H36N6O. The lowest BCUT2D eigenvalue weighted by molar-refractivity contribution is 0.0529. The summed E-state index contributed by atoms with van der Waals surface area (Å²) in [6.45, 7) is 10.3. The molecule has 2 aliphatic heterocycles. The molecule has 0 amide bonds. The van der Waals surface area contributed by atoms with Crippen LogP contribution in [0, 0.1) is 0 Å². The van der Waals surface area contributed by atoms with Crippen LogP contribution in [-0.2, 0) is 11.3 Å². The van der Waals surface area contributed by atoms with E-state index in [1.54, 1.807) is 0 Å². The molecule has 0 radical (unpaired) electrons. The Labute approximate surface area is 191 Å². The first-order chi connectivity index (χ1) is 15.7. The van der Waals surface area contributed by atoms with E-state index in [1.165, 1.54) is 17.7 Å². The lowest BCUT2D eigenvalue weighted by atomic mass is 10.1. The molecule has 7 nitrogen and oxygen atoms in total. The van der Waals surface area contributed by atoms with Crippen LogP contribution in [0.3, 0.4) is 0 Å². The second kappa shape index (κ2) is 11.2. The number of aromatic nitrogens is 1. The van der Waals surface area contributed by atoms with Gasteiger partial charge >= 0.3 is 0 Å². The van der Waals surface area contributed by atoms with Crippen molar-refractivity contribution in [3.63, 3.8) is 0 Å². The number of morpholine rings is 1. The van der Waals surface area contributed by atoms with Crippen LogP contribution in [0.1, 0.15) is 32.3 Å². The van der Waals surface area contributed by atoms with Gasteiger partial charge in [-0.25, -0.2) is 9.98 Å². The maximum Gasteiger partial charge on any atom is 0.191 e. The van der Waals surface area contributed by atoms with Gasteiger partial charge in [0, 0.05) is 50.6 Å². The summed E-state index contributed by atoms with van der Waals surface area (Å²) in [5.74, 6) is 1.89. The molecule has 0 saturated carbocycles. The highest BCUT2D eigenvalue weighted by atomic mass is 16.5. The smallest absolute Gasteiger partial charge is 0.191 e. The van der Waals surface area contributed by atoms with E-state index >= 15 is 0 Å². The van der Waals surface area contributed by atoms with E-state index in [4.69, 9.17) is 9.73 Å². The number of pyridine rings is 1. The number of hydrogen-bond acceptors (Lipinski definition) is 5. The fourth-order valence-electron chi connectivity index (χ4n) is 4.41. The van der Waals surface area contributed by atoms with E-state index in [2.05, 4.69) is 81.7 Å². The maximum absolute atomic E-state index is 5.66. The average molecular weight is 437 g/mol. The molecule has 4 rings (SSSR count). The Kier molecular flexibility index (Phi) is 7.82. The predicted octanol–water partition coefficient (Wildman–Crippen LogP) is 3.03. The van der Waals surface area contributed by atoms with E-state index in [-0.39, 0.29) is 6.10 Å². The van der Waals surface area contributed by atoms with Crippen LogP contribution in [0.2, 0.25) is 0 Å². The Morgan fingerprint density at radius 2 is 2.03 bits per heavy atom. The van der Waals surface area contributed by atoms with Crippen molar-refractivity contribution in [1.82, 2.24) is 15.6 Å². The summed E-state index contributed by atoms with van der Waals surface area (Å²) >= 11 is 0. The van der Waals surface area contributed by atoms with Crippen LogP contribution in [0.25, 0.3) is 0 Å². The molecule has 2 unspecified atom stereocenters. The third-order valence-electron chi connectivity index (χ3n) is 6.02. The number of anilines is 2. The van der Waals surface area contributed by atoms with Gasteiger partial charge in [-0.3, -0.25) is 0 Å². The Balaban J connectivity index is 1.38. The van der Waals surface area contributed by atoms with Crippen molar-refractivity contribution in [2.75, 3.05) is 49.1 Å². The maximum atomic E-state index is 5.66. The molecule has 32 heavy (non-hydrogen) atoms. The fourth-order valence-corrected chi connectivity index (χ4v) is 4.41. The molecule has 2 aliphatic rings. The summed E-state index contributed by atoms with van der Waals surface area (Å²) in [6.07, 6.45) is 4.46. The van der Waals surface area contributed by atoms with Gasteiger partial charge in [0.2, 0.25) is 0 Å². The van der Waals surface area contributed by atoms with Gasteiger partial charge in [-0.15, -0.1) is 0 Å². The van der Waals surface area contributed by atoms with Gasteiger partial charge in [-0.05, 0) is 56.5 Å². The van der Waals surface area contributed by atoms with Crippen LogP contribution in [0.4, 0.5) is 11.5 Å². The van der Waals surface area contributed by atoms with Gasteiger partial charge < -0.3 is 25.2 Å². The quantitative estimate of drug-likeness (QED) is 0.536. The summed E-state index contributed by atoms with van der Waals surface area (Å²) in [5, 5.41) is 7.08. The zero-order valence-corrected chi connectivity index (χ0v) is 19.3.